The first kappa shape index (κ1) is 9.92. The smallest absolute Gasteiger partial charge is 0.128 e. The molecule has 0 radical (unpaired) electrons. The summed E-state index contributed by atoms with van der Waals surface area (Å²) < 4.78 is 4.08. The molecule has 0 aliphatic carbocycles. The Morgan fingerprint density at radius 3 is 3.00 bits per heavy atom. The lowest BCUT2D eigenvalue weighted by atomic mass is 10.3. The third kappa shape index (κ3) is 2.07. The van der Waals surface area contributed by atoms with Gasteiger partial charge in [0.15, 0.2) is 0 Å². The average molecular weight is 205 g/mol. The topological polar surface area (TPSA) is 61.7 Å². The van der Waals surface area contributed by atoms with E-state index in [1.165, 1.54) is 0 Å². The summed E-state index contributed by atoms with van der Waals surface area (Å²) in [5.41, 5.74) is 6.68. The van der Waals surface area contributed by atoms with E-state index in [0.717, 1.165) is 24.5 Å². The molecule has 2 rings (SSSR count). The van der Waals surface area contributed by atoms with Crippen molar-refractivity contribution in [3.63, 3.8) is 0 Å². The van der Waals surface area contributed by atoms with Gasteiger partial charge in [0.2, 0.25) is 0 Å². The van der Waals surface area contributed by atoms with Gasteiger partial charge in [-0.05, 0) is 6.54 Å². The molecule has 2 aromatic heterocycles. The largest absolute Gasteiger partial charge is 0.337 e. The number of nitrogens with two attached hydrogens (primary N) is 1. The number of aromatic nitrogens is 4. The zero-order chi connectivity index (χ0) is 10.7. The Morgan fingerprint density at radius 2 is 2.33 bits per heavy atom. The van der Waals surface area contributed by atoms with Crippen LogP contribution in [0.5, 0.6) is 0 Å². The third-order valence-corrected chi connectivity index (χ3v) is 2.43. The van der Waals surface area contributed by atoms with Gasteiger partial charge in [-0.1, -0.05) is 0 Å². The summed E-state index contributed by atoms with van der Waals surface area (Å²) in [7, 11) is 1.99. The Balaban J connectivity index is 2.17. The van der Waals surface area contributed by atoms with E-state index in [4.69, 9.17) is 5.73 Å². The van der Waals surface area contributed by atoms with E-state index in [1.807, 2.05) is 30.3 Å². The Bertz CT molecular complexity index is 428. The van der Waals surface area contributed by atoms with Gasteiger partial charge < -0.3 is 14.9 Å². The molecule has 5 heteroatoms. The molecule has 0 aromatic carbocycles. The van der Waals surface area contributed by atoms with Crippen LogP contribution in [0.25, 0.3) is 0 Å². The lowest BCUT2D eigenvalue weighted by Gasteiger charge is -2.06. The van der Waals surface area contributed by atoms with Crippen LogP contribution < -0.4 is 5.73 Å². The van der Waals surface area contributed by atoms with Crippen LogP contribution >= 0.6 is 0 Å². The maximum absolute atomic E-state index is 5.53. The molecule has 0 atom stereocenters. The van der Waals surface area contributed by atoms with Crippen molar-refractivity contribution in [1.82, 2.24) is 19.1 Å². The van der Waals surface area contributed by atoms with Crippen molar-refractivity contribution in [3.05, 3.63) is 36.4 Å². The first-order chi connectivity index (χ1) is 7.31. The molecule has 15 heavy (non-hydrogen) atoms. The van der Waals surface area contributed by atoms with Crippen molar-refractivity contribution in [2.45, 2.75) is 13.0 Å². The number of rotatable bonds is 4. The Hall–Kier alpha value is -1.62. The molecular weight excluding hydrogens is 190 g/mol. The van der Waals surface area contributed by atoms with E-state index in [2.05, 4.69) is 14.5 Å². The highest BCUT2D eigenvalue weighted by molar-refractivity contribution is 5.02. The zero-order valence-corrected chi connectivity index (χ0v) is 8.80. The highest BCUT2D eigenvalue weighted by Gasteiger charge is 2.04. The maximum atomic E-state index is 5.53. The van der Waals surface area contributed by atoms with Gasteiger partial charge in [0.1, 0.15) is 5.82 Å². The summed E-state index contributed by atoms with van der Waals surface area (Å²) in [6.45, 7) is 1.39. The molecule has 5 nitrogen and oxygen atoms in total. The van der Waals surface area contributed by atoms with Crippen LogP contribution in [-0.2, 0) is 20.0 Å². The summed E-state index contributed by atoms with van der Waals surface area (Å²) >= 11 is 0. The van der Waals surface area contributed by atoms with Crippen molar-refractivity contribution < 1.29 is 0 Å². The molecule has 2 heterocycles. The lowest BCUT2D eigenvalue weighted by molar-refractivity contribution is 0.668. The number of imidazole rings is 2. The van der Waals surface area contributed by atoms with Crippen LogP contribution in [0.15, 0.2) is 24.9 Å². The fourth-order valence-corrected chi connectivity index (χ4v) is 1.55. The van der Waals surface area contributed by atoms with Crippen molar-refractivity contribution in [2.75, 3.05) is 6.54 Å². The first-order valence-corrected chi connectivity index (χ1v) is 4.96. The molecule has 2 aromatic rings. The SMILES string of the molecule is Cn1ccnc1Cn1cncc1CCN. The monoisotopic (exact) mass is 205 g/mol. The third-order valence-electron chi connectivity index (χ3n) is 2.43. The molecule has 2 N–H and O–H groups in total. The first-order valence-electron chi connectivity index (χ1n) is 4.96. The maximum Gasteiger partial charge on any atom is 0.128 e. The van der Waals surface area contributed by atoms with Crippen molar-refractivity contribution in [1.29, 1.82) is 0 Å². The van der Waals surface area contributed by atoms with Crippen LogP contribution in [-0.4, -0.2) is 25.6 Å². The molecule has 0 saturated carbocycles. The van der Waals surface area contributed by atoms with Crippen LogP contribution in [0.2, 0.25) is 0 Å². The fourth-order valence-electron chi connectivity index (χ4n) is 1.55. The molecule has 0 saturated heterocycles. The Kier molecular flexibility index (Phi) is 2.82. The molecule has 80 valence electrons. The molecule has 0 fully saturated rings. The second-order valence-corrected chi connectivity index (χ2v) is 3.51. The second-order valence-electron chi connectivity index (χ2n) is 3.51. The molecule has 0 amide bonds. The van der Waals surface area contributed by atoms with Gasteiger partial charge in [-0.3, -0.25) is 0 Å². The van der Waals surface area contributed by atoms with Gasteiger partial charge in [-0.25, -0.2) is 9.97 Å². The Morgan fingerprint density at radius 1 is 1.47 bits per heavy atom. The number of aryl methyl sites for hydroxylation is 1. The van der Waals surface area contributed by atoms with Gasteiger partial charge in [0.25, 0.3) is 0 Å². The summed E-state index contributed by atoms with van der Waals surface area (Å²) in [4.78, 5) is 8.40. The van der Waals surface area contributed by atoms with Crippen molar-refractivity contribution >= 4 is 0 Å². The quantitative estimate of drug-likeness (QED) is 0.773. The van der Waals surface area contributed by atoms with E-state index >= 15 is 0 Å². The summed E-state index contributed by atoms with van der Waals surface area (Å²) in [5.74, 6) is 1.02. The minimum atomic E-state index is 0.645. The molecule has 0 spiro atoms. The molecule has 0 unspecified atom stereocenters. The number of hydrogen-bond acceptors (Lipinski definition) is 3. The van der Waals surface area contributed by atoms with Gasteiger partial charge in [0, 0.05) is 37.8 Å². The van der Waals surface area contributed by atoms with Gasteiger partial charge in [-0.2, -0.15) is 0 Å². The van der Waals surface area contributed by atoms with Gasteiger partial charge in [0.05, 0.1) is 12.9 Å². The number of nitrogens with zero attached hydrogens (tertiary/aromatic N) is 4. The van der Waals surface area contributed by atoms with E-state index in [0.29, 0.717) is 6.54 Å². The van der Waals surface area contributed by atoms with Gasteiger partial charge >= 0.3 is 0 Å². The van der Waals surface area contributed by atoms with Crippen LogP contribution in [0, 0.1) is 0 Å². The molecule has 0 bridgehead atoms. The number of hydrogen-bond donors (Lipinski definition) is 1. The van der Waals surface area contributed by atoms with Crippen molar-refractivity contribution in [2.24, 2.45) is 12.8 Å². The average Bonchev–Trinajstić information content (AvgIpc) is 2.80. The van der Waals surface area contributed by atoms with E-state index in [9.17, 15) is 0 Å². The minimum Gasteiger partial charge on any atom is -0.337 e. The molecule has 0 aliphatic rings. The van der Waals surface area contributed by atoms with E-state index in [-0.39, 0.29) is 0 Å². The molecular formula is C10H15N5. The lowest BCUT2D eigenvalue weighted by Crippen LogP contribution is -2.11. The summed E-state index contributed by atoms with van der Waals surface area (Å²) in [6.07, 6.45) is 8.27. The van der Waals surface area contributed by atoms with Crippen LogP contribution in [0.3, 0.4) is 0 Å². The summed E-state index contributed by atoms with van der Waals surface area (Å²) in [5, 5.41) is 0. The van der Waals surface area contributed by atoms with Crippen molar-refractivity contribution in [3.8, 4) is 0 Å². The Labute approximate surface area is 88.6 Å². The zero-order valence-electron chi connectivity index (χ0n) is 8.80. The summed E-state index contributed by atoms with van der Waals surface area (Å²) in [6, 6.07) is 0. The van der Waals surface area contributed by atoms with Crippen LogP contribution in [0.1, 0.15) is 11.5 Å². The second kappa shape index (κ2) is 4.27. The normalized spacial score (nSPS) is 10.8. The standard InChI is InChI=1S/C10H15N5/c1-14-5-4-13-10(14)7-15-8-12-6-9(15)2-3-11/h4-6,8H,2-3,7,11H2,1H3. The van der Waals surface area contributed by atoms with Gasteiger partial charge in [-0.15, -0.1) is 0 Å². The van der Waals surface area contributed by atoms with Crippen LogP contribution in [0.4, 0.5) is 0 Å². The molecule has 0 aliphatic heterocycles. The highest BCUT2D eigenvalue weighted by Crippen LogP contribution is 2.04. The van der Waals surface area contributed by atoms with E-state index in [1.54, 1.807) is 6.20 Å². The predicted molar refractivity (Wildman–Crippen MR) is 57.3 cm³/mol. The van der Waals surface area contributed by atoms with E-state index < -0.39 is 0 Å². The minimum absolute atomic E-state index is 0.645. The highest BCUT2D eigenvalue weighted by atomic mass is 15.1. The fraction of sp³-hybridized carbons (Fsp3) is 0.400. The predicted octanol–water partition coefficient (Wildman–Crippen LogP) is 0.166.